The topological polar surface area (TPSA) is 73.5 Å². The van der Waals surface area contributed by atoms with Crippen molar-refractivity contribution in [2.24, 2.45) is 13.0 Å². The van der Waals surface area contributed by atoms with Crippen LogP contribution in [0.25, 0.3) is 11.3 Å². The molecule has 0 spiro atoms. The van der Waals surface area contributed by atoms with Crippen molar-refractivity contribution >= 4 is 5.95 Å². The smallest absolute Gasteiger partial charge is 0.354 e. The van der Waals surface area contributed by atoms with Gasteiger partial charge in [0.05, 0.1) is 11.9 Å². The van der Waals surface area contributed by atoms with E-state index in [4.69, 9.17) is 0 Å². The number of aryl methyl sites for hydroxylation is 2. The summed E-state index contributed by atoms with van der Waals surface area (Å²) in [6.45, 7) is 4.97. The molecule has 144 valence electrons. The number of anilines is 1. The number of rotatable bonds is 6. The molecule has 0 bridgehead atoms. The van der Waals surface area contributed by atoms with Crippen LogP contribution in [0.5, 0.6) is 0 Å². The molecule has 0 aliphatic rings. The molecule has 27 heavy (non-hydrogen) atoms. The summed E-state index contributed by atoms with van der Waals surface area (Å²) in [6.07, 6.45) is 0.227. The van der Waals surface area contributed by atoms with Crippen LogP contribution in [0, 0.1) is 12.8 Å². The van der Waals surface area contributed by atoms with E-state index in [0.29, 0.717) is 18.7 Å². The van der Waals surface area contributed by atoms with E-state index in [0.717, 1.165) is 11.8 Å². The van der Waals surface area contributed by atoms with E-state index in [1.807, 2.05) is 24.6 Å². The zero-order chi connectivity index (χ0) is 19.6. The maximum atomic E-state index is 13.2. The number of hydrogen-bond donors (Lipinski definition) is 1. The summed E-state index contributed by atoms with van der Waals surface area (Å²) < 4.78 is 43.0. The van der Waals surface area contributed by atoms with Crippen LogP contribution < -0.4 is 5.32 Å². The molecular weight excluding hydrogens is 359 g/mol. The summed E-state index contributed by atoms with van der Waals surface area (Å²) in [5, 5.41) is 11.1. The molecule has 1 N–H and O–H groups in total. The van der Waals surface area contributed by atoms with Crippen LogP contribution in [0.4, 0.5) is 19.1 Å². The van der Waals surface area contributed by atoms with Gasteiger partial charge in [-0.25, -0.2) is 9.97 Å². The summed E-state index contributed by atoms with van der Waals surface area (Å²) in [5.41, 5.74) is 0.697. The highest BCUT2D eigenvalue weighted by Crippen LogP contribution is 2.31. The van der Waals surface area contributed by atoms with E-state index in [1.165, 1.54) is 10.9 Å². The van der Waals surface area contributed by atoms with Crippen LogP contribution in [-0.2, 0) is 19.8 Å². The van der Waals surface area contributed by atoms with Crippen molar-refractivity contribution in [2.75, 3.05) is 11.9 Å². The lowest BCUT2D eigenvalue weighted by atomic mass is 10.2. The number of nitrogens with one attached hydrogen (secondary N) is 1. The minimum atomic E-state index is -4.56. The van der Waals surface area contributed by atoms with Crippen LogP contribution in [0.2, 0.25) is 0 Å². The van der Waals surface area contributed by atoms with Crippen molar-refractivity contribution in [1.82, 2.24) is 29.5 Å². The third-order valence-electron chi connectivity index (χ3n) is 4.04. The fourth-order valence-corrected chi connectivity index (χ4v) is 2.59. The molecule has 3 aromatic rings. The van der Waals surface area contributed by atoms with Gasteiger partial charge >= 0.3 is 6.18 Å². The second-order valence-corrected chi connectivity index (χ2v) is 6.50. The molecule has 7 nitrogen and oxygen atoms in total. The minimum Gasteiger partial charge on any atom is -0.354 e. The Morgan fingerprint density at radius 1 is 1.22 bits per heavy atom. The predicted octanol–water partition coefficient (Wildman–Crippen LogP) is 3.15. The minimum absolute atomic E-state index is 0.0623. The van der Waals surface area contributed by atoms with Gasteiger partial charge in [0.25, 0.3) is 0 Å². The third-order valence-corrected chi connectivity index (χ3v) is 4.04. The molecule has 0 aliphatic carbocycles. The highest BCUT2D eigenvalue weighted by Gasteiger charge is 2.34. The number of hydrogen-bond acceptors (Lipinski definition) is 5. The van der Waals surface area contributed by atoms with Crippen molar-refractivity contribution < 1.29 is 13.2 Å². The lowest BCUT2D eigenvalue weighted by molar-refractivity contribution is -0.141. The SMILES string of the molecule is Cc1ccnn1CC(C)CNc1nc(-c2cnn(C)c2)cc(C(F)(F)F)n1. The Bertz CT molecular complexity index is 913. The standard InChI is InChI=1S/C17H20F3N7/c1-11(9-27-12(2)4-5-22-27)7-21-16-24-14(13-8-23-26(3)10-13)6-15(25-16)17(18,19)20/h4-6,8,10-11H,7,9H2,1-3H3,(H,21,24,25). The Hall–Kier alpha value is -2.91. The zero-order valence-corrected chi connectivity index (χ0v) is 15.2. The Kier molecular flexibility index (Phi) is 5.15. The Balaban J connectivity index is 1.78. The maximum absolute atomic E-state index is 13.2. The van der Waals surface area contributed by atoms with E-state index in [9.17, 15) is 13.2 Å². The maximum Gasteiger partial charge on any atom is 0.433 e. The quantitative estimate of drug-likeness (QED) is 0.712. The second-order valence-electron chi connectivity index (χ2n) is 6.50. The normalized spacial score (nSPS) is 13.0. The predicted molar refractivity (Wildman–Crippen MR) is 93.9 cm³/mol. The van der Waals surface area contributed by atoms with Gasteiger partial charge in [0, 0.05) is 43.8 Å². The highest BCUT2D eigenvalue weighted by molar-refractivity contribution is 5.59. The molecule has 0 radical (unpaired) electrons. The highest BCUT2D eigenvalue weighted by atomic mass is 19.4. The Morgan fingerprint density at radius 3 is 2.59 bits per heavy atom. The zero-order valence-electron chi connectivity index (χ0n) is 15.2. The summed E-state index contributed by atoms with van der Waals surface area (Å²) in [6, 6.07) is 2.83. The van der Waals surface area contributed by atoms with Crippen LogP contribution in [0.15, 0.2) is 30.7 Å². The Labute approximate surface area is 154 Å². The molecule has 0 aliphatic heterocycles. The molecule has 0 saturated heterocycles. The van der Waals surface area contributed by atoms with Gasteiger partial charge < -0.3 is 5.32 Å². The van der Waals surface area contributed by atoms with Crippen LogP contribution in [0.1, 0.15) is 18.3 Å². The van der Waals surface area contributed by atoms with Gasteiger partial charge in [-0.3, -0.25) is 9.36 Å². The van der Waals surface area contributed by atoms with E-state index >= 15 is 0 Å². The lowest BCUT2D eigenvalue weighted by Gasteiger charge is -2.15. The van der Waals surface area contributed by atoms with E-state index in [2.05, 4.69) is 25.5 Å². The lowest BCUT2D eigenvalue weighted by Crippen LogP contribution is -2.20. The summed E-state index contributed by atoms with van der Waals surface area (Å²) in [4.78, 5) is 7.85. The van der Waals surface area contributed by atoms with Gasteiger partial charge in [-0.05, 0) is 25.0 Å². The summed E-state index contributed by atoms with van der Waals surface area (Å²) in [5.74, 6) is 0.0521. The number of nitrogens with zero attached hydrogens (tertiary/aromatic N) is 6. The summed E-state index contributed by atoms with van der Waals surface area (Å²) >= 11 is 0. The van der Waals surface area contributed by atoms with Crippen molar-refractivity contribution in [3.8, 4) is 11.3 Å². The van der Waals surface area contributed by atoms with Gasteiger partial charge in [0.15, 0.2) is 5.69 Å². The molecule has 3 rings (SSSR count). The van der Waals surface area contributed by atoms with Crippen LogP contribution >= 0.6 is 0 Å². The van der Waals surface area contributed by atoms with Crippen molar-refractivity contribution in [3.63, 3.8) is 0 Å². The van der Waals surface area contributed by atoms with Crippen LogP contribution in [0.3, 0.4) is 0 Å². The average molecular weight is 379 g/mol. The van der Waals surface area contributed by atoms with Gasteiger partial charge in [-0.1, -0.05) is 6.92 Å². The molecule has 0 fully saturated rings. The number of aromatic nitrogens is 6. The average Bonchev–Trinajstić information content (AvgIpc) is 3.21. The molecule has 1 unspecified atom stereocenters. The first-order valence-electron chi connectivity index (χ1n) is 8.40. The Morgan fingerprint density at radius 2 is 2.00 bits per heavy atom. The second kappa shape index (κ2) is 7.37. The molecule has 3 aromatic heterocycles. The molecule has 0 amide bonds. The van der Waals surface area contributed by atoms with Gasteiger partial charge in [0.1, 0.15) is 0 Å². The molecule has 0 saturated carbocycles. The molecular formula is C17H20F3N7. The van der Waals surface area contributed by atoms with Crippen molar-refractivity contribution in [3.05, 3.63) is 42.1 Å². The largest absolute Gasteiger partial charge is 0.433 e. The molecule has 1 atom stereocenters. The molecule has 10 heteroatoms. The van der Waals surface area contributed by atoms with Crippen molar-refractivity contribution in [1.29, 1.82) is 0 Å². The fraction of sp³-hybridized carbons (Fsp3) is 0.412. The summed E-state index contributed by atoms with van der Waals surface area (Å²) in [7, 11) is 1.69. The first-order valence-corrected chi connectivity index (χ1v) is 8.40. The fourth-order valence-electron chi connectivity index (χ4n) is 2.59. The molecule has 0 aromatic carbocycles. The first kappa shape index (κ1) is 18.9. The third kappa shape index (κ3) is 4.63. The van der Waals surface area contributed by atoms with Gasteiger partial charge in [-0.15, -0.1) is 0 Å². The van der Waals surface area contributed by atoms with E-state index in [1.54, 1.807) is 19.4 Å². The number of alkyl halides is 3. The monoisotopic (exact) mass is 379 g/mol. The van der Waals surface area contributed by atoms with Gasteiger partial charge in [-0.2, -0.15) is 23.4 Å². The van der Waals surface area contributed by atoms with Gasteiger partial charge in [0.2, 0.25) is 5.95 Å². The van der Waals surface area contributed by atoms with Crippen LogP contribution in [-0.4, -0.2) is 36.1 Å². The number of halogens is 3. The first-order chi connectivity index (χ1) is 12.7. The van der Waals surface area contributed by atoms with E-state index < -0.39 is 11.9 Å². The van der Waals surface area contributed by atoms with E-state index in [-0.39, 0.29) is 17.6 Å². The molecule has 3 heterocycles. The van der Waals surface area contributed by atoms with Crippen molar-refractivity contribution in [2.45, 2.75) is 26.6 Å².